The Morgan fingerprint density at radius 1 is 1.16 bits per heavy atom. The van der Waals surface area contributed by atoms with Crippen molar-refractivity contribution < 1.29 is 4.84 Å². The van der Waals surface area contributed by atoms with Crippen LogP contribution in [0, 0.1) is 0 Å². The van der Waals surface area contributed by atoms with Gasteiger partial charge in [0.15, 0.2) is 0 Å². The minimum absolute atomic E-state index is 0.649. The van der Waals surface area contributed by atoms with Crippen LogP contribution in [0.15, 0.2) is 38.8 Å². The van der Waals surface area contributed by atoms with Crippen LogP contribution in [0.1, 0.15) is 17.5 Å². The first-order valence-corrected chi connectivity index (χ1v) is 8.06. The maximum absolute atomic E-state index is 5.46. The lowest BCUT2D eigenvalue weighted by Crippen LogP contribution is -2.14. The molecule has 19 heavy (non-hydrogen) atoms. The molecular weight excluding hydrogens is 276 g/mol. The van der Waals surface area contributed by atoms with Gasteiger partial charge in [0.2, 0.25) is 0 Å². The smallest absolute Gasteiger partial charge is 0.118 e. The van der Waals surface area contributed by atoms with E-state index in [1.165, 1.54) is 0 Å². The van der Waals surface area contributed by atoms with E-state index >= 15 is 0 Å². The lowest BCUT2D eigenvalue weighted by Gasteiger charge is -2.08. The van der Waals surface area contributed by atoms with Gasteiger partial charge in [0.05, 0.1) is 0 Å². The minimum Gasteiger partial charge on any atom is -0.395 e. The SMILES string of the molecule is CN(C)CCCON=C(c1ccsc1)c1ccsc1. The molecule has 2 rings (SSSR count). The highest BCUT2D eigenvalue weighted by molar-refractivity contribution is 7.08. The van der Waals surface area contributed by atoms with Gasteiger partial charge in [-0.3, -0.25) is 0 Å². The molecule has 2 aromatic heterocycles. The minimum atomic E-state index is 0.649. The number of oxime groups is 1. The summed E-state index contributed by atoms with van der Waals surface area (Å²) < 4.78 is 0. The second-order valence-corrected chi connectivity index (χ2v) is 6.01. The quantitative estimate of drug-likeness (QED) is 0.443. The van der Waals surface area contributed by atoms with Crippen LogP contribution in [0.4, 0.5) is 0 Å². The summed E-state index contributed by atoms with van der Waals surface area (Å²) >= 11 is 3.35. The number of thiophene rings is 2. The Morgan fingerprint density at radius 2 is 1.79 bits per heavy atom. The lowest BCUT2D eigenvalue weighted by molar-refractivity contribution is 0.135. The molecular formula is C14H18N2OS2. The molecule has 0 aliphatic heterocycles. The Bertz CT molecular complexity index is 453. The average Bonchev–Trinajstić information content (AvgIpc) is 3.06. The molecule has 3 nitrogen and oxygen atoms in total. The van der Waals surface area contributed by atoms with E-state index in [0.717, 1.165) is 29.8 Å². The summed E-state index contributed by atoms with van der Waals surface area (Å²) in [7, 11) is 4.12. The van der Waals surface area contributed by atoms with Crippen LogP contribution in [0.25, 0.3) is 0 Å². The molecule has 0 atom stereocenters. The fourth-order valence-electron chi connectivity index (χ4n) is 1.63. The van der Waals surface area contributed by atoms with Gasteiger partial charge in [0.25, 0.3) is 0 Å². The number of nitrogens with zero attached hydrogens (tertiary/aromatic N) is 2. The molecule has 0 aliphatic rings. The molecule has 2 heterocycles. The summed E-state index contributed by atoms with van der Waals surface area (Å²) in [5, 5.41) is 12.6. The number of rotatable bonds is 7. The van der Waals surface area contributed by atoms with Gasteiger partial charge in [-0.05, 0) is 43.4 Å². The Kier molecular flexibility index (Phi) is 5.57. The van der Waals surface area contributed by atoms with Gasteiger partial charge >= 0.3 is 0 Å². The summed E-state index contributed by atoms with van der Waals surface area (Å²) in [5.74, 6) is 0. The molecule has 0 aromatic carbocycles. The zero-order chi connectivity index (χ0) is 13.5. The van der Waals surface area contributed by atoms with Gasteiger partial charge in [-0.15, -0.1) is 0 Å². The second-order valence-electron chi connectivity index (χ2n) is 4.45. The monoisotopic (exact) mass is 294 g/mol. The van der Waals surface area contributed by atoms with E-state index in [2.05, 4.69) is 57.8 Å². The van der Waals surface area contributed by atoms with Crippen LogP contribution < -0.4 is 0 Å². The van der Waals surface area contributed by atoms with Crippen LogP contribution in [0.3, 0.4) is 0 Å². The molecule has 0 radical (unpaired) electrons. The van der Waals surface area contributed by atoms with Gasteiger partial charge in [-0.2, -0.15) is 22.7 Å². The highest BCUT2D eigenvalue weighted by atomic mass is 32.1. The van der Waals surface area contributed by atoms with Crippen molar-refractivity contribution >= 4 is 28.4 Å². The molecule has 0 bridgehead atoms. The third kappa shape index (κ3) is 4.45. The Hall–Kier alpha value is -1.17. The maximum atomic E-state index is 5.46. The molecule has 0 saturated heterocycles. The van der Waals surface area contributed by atoms with Crippen molar-refractivity contribution in [3.8, 4) is 0 Å². The van der Waals surface area contributed by atoms with E-state index < -0.39 is 0 Å². The van der Waals surface area contributed by atoms with Crippen LogP contribution in [0.2, 0.25) is 0 Å². The highest BCUT2D eigenvalue weighted by Gasteiger charge is 2.08. The first-order valence-electron chi connectivity index (χ1n) is 6.17. The summed E-state index contributed by atoms with van der Waals surface area (Å²) in [6.45, 7) is 1.66. The van der Waals surface area contributed by atoms with Gasteiger partial charge < -0.3 is 9.74 Å². The molecule has 0 fully saturated rings. The van der Waals surface area contributed by atoms with E-state index in [4.69, 9.17) is 4.84 Å². The van der Waals surface area contributed by atoms with E-state index in [9.17, 15) is 0 Å². The standard InChI is InChI=1S/C14H18N2OS2/c1-16(2)6-3-7-17-15-14(12-4-8-18-10-12)13-5-9-19-11-13/h4-5,8-11H,3,6-7H2,1-2H3. The van der Waals surface area contributed by atoms with Crippen LogP contribution in [0.5, 0.6) is 0 Å². The predicted molar refractivity (Wildman–Crippen MR) is 83.4 cm³/mol. The predicted octanol–water partition coefficient (Wildman–Crippen LogP) is 3.53. The first-order chi connectivity index (χ1) is 9.27. The van der Waals surface area contributed by atoms with Gasteiger partial charge in [0.1, 0.15) is 12.3 Å². The Labute approximate surface area is 122 Å². The van der Waals surface area contributed by atoms with Gasteiger partial charge in [-0.25, -0.2) is 0 Å². The number of hydrogen-bond donors (Lipinski definition) is 0. The topological polar surface area (TPSA) is 24.8 Å². The Morgan fingerprint density at radius 3 is 2.26 bits per heavy atom. The van der Waals surface area contributed by atoms with Gasteiger partial charge in [-0.1, -0.05) is 5.16 Å². The molecule has 0 saturated carbocycles. The summed E-state index contributed by atoms with van der Waals surface area (Å²) in [4.78, 5) is 7.61. The third-order valence-corrected chi connectivity index (χ3v) is 3.95. The molecule has 0 spiro atoms. The molecule has 102 valence electrons. The van der Waals surface area contributed by atoms with Crippen molar-refractivity contribution in [3.05, 3.63) is 44.8 Å². The van der Waals surface area contributed by atoms with Crippen LogP contribution in [-0.2, 0) is 4.84 Å². The van der Waals surface area contributed by atoms with Crippen LogP contribution >= 0.6 is 22.7 Å². The summed E-state index contributed by atoms with van der Waals surface area (Å²) in [6, 6.07) is 4.15. The van der Waals surface area contributed by atoms with Gasteiger partial charge in [0, 0.05) is 28.4 Å². The van der Waals surface area contributed by atoms with E-state index in [1.54, 1.807) is 22.7 Å². The van der Waals surface area contributed by atoms with Crippen molar-refractivity contribution in [3.63, 3.8) is 0 Å². The molecule has 5 heteroatoms. The molecule has 0 aliphatic carbocycles. The third-order valence-electron chi connectivity index (χ3n) is 2.59. The lowest BCUT2D eigenvalue weighted by atomic mass is 10.1. The van der Waals surface area contributed by atoms with Crippen LogP contribution in [-0.4, -0.2) is 37.9 Å². The van der Waals surface area contributed by atoms with E-state index in [-0.39, 0.29) is 0 Å². The largest absolute Gasteiger partial charge is 0.395 e. The summed E-state index contributed by atoms with van der Waals surface area (Å²) in [6.07, 6.45) is 0.983. The number of hydrogen-bond acceptors (Lipinski definition) is 5. The fourth-order valence-corrected chi connectivity index (χ4v) is 2.91. The van der Waals surface area contributed by atoms with E-state index in [0.29, 0.717) is 6.61 Å². The van der Waals surface area contributed by atoms with Crippen molar-refractivity contribution in [1.82, 2.24) is 4.90 Å². The summed E-state index contributed by atoms with van der Waals surface area (Å²) in [5.41, 5.74) is 3.17. The normalized spacial score (nSPS) is 10.7. The molecule has 0 amide bonds. The first kappa shape index (κ1) is 14.2. The maximum Gasteiger partial charge on any atom is 0.118 e. The Balaban J connectivity index is 1.99. The van der Waals surface area contributed by atoms with Crippen molar-refractivity contribution in [1.29, 1.82) is 0 Å². The van der Waals surface area contributed by atoms with Crippen molar-refractivity contribution in [2.45, 2.75) is 6.42 Å². The molecule has 2 aromatic rings. The van der Waals surface area contributed by atoms with Crippen molar-refractivity contribution in [2.75, 3.05) is 27.2 Å². The molecule has 0 N–H and O–H groups in total. The fraction of sp³-hybridized carbons (Fsp3) is 0.357. The average molecular weight is 294 g/mol. The zero-order valence-corrected chi connectivity index (χ0v) is 12.8. The molecule has 0 unspecified atom stereocenters. The zero-order valence-electron chi connectivity index (χ0n) is 11.2. The van der Waals surface area contributed by atoms with Crippen molar-refractivity contribution in [2.24, 2.45) is 5.16 Å². The highest BCUT2D eigenvalue weighted by Crippen LogP contribution is 2.16. The second kappa shape index (κ2) is 7.43. The van der Waals surface area contributed by atoms with E-state index in [1.807, 2.05) is 0 Å².